The summed E-state index contributed by atoms with van der Waals surface area (Å²) in [5.74, 6) is -0.970. The van der Waals surface area contributed by atoms with Crippen molar-refractivity contribution in [1.29, 1.82) is 0 Å². The predicted octanol–water partition coefficient (Wildman–Crippen LogP) is 2.89. The lowest BCUT2D eigenvalue weighted by atomic mass is 10.2. The van der Waals surface area contributed by atoms with Crippen molar-refractivity contribution in [3.8, 4) is 5.75 Å². The summed E-state index contributed by atoms with van der Waals surface area (Å²) in [4.78, 5) is 24.0. The zero-order chi connectivity index (χ0) is 16.1. The fraction of sp³-hybridized carbons (Fsp3) is 0.176. The molecule has 0 atom stereocenters. The average molecular weight is 298 g/mol. The lowest BCUT2D eigenvalue weighted by Crippen LogP contribution is -2.29. The highest BCUT2D eigenvalue weighted by atomic mass is 16.5. The number of ether oxygens (including phenoxy) is 1. The largest absolute Gasteiger partial charge is 0.495 e. The Morgan fingerprint density at radius 1 is 0.909 bits per heavy atom. The molecule has 0 saturated carbocycles. The van der Waals surface area contributed by atoms with Crippen LogP contribution in [-0.4, -0.2) is 18.9 Å². The third kappa shape index (κ3) is 3.85. The Balaban J connectivity index is 2.09. The predicted molar refractivity (Wildman–Crippen MR) is 86.2 cm³/mol. The van der Waals surface area contributed by atoms with Crippen LogP contribution in [0.1, 0.15) is 11.1 Å². The number of amides is 2. The Morgan fingerprint density at radius 3 is 2.27 bits per heavy atom. The van der Waals surface area contributed by atoms with Gasteiger partial charge in [-0.2, -0.15) is 0 Å². The van der Waals surface area contributed by atoms with Gasteiger partial charge >= 0.3 is 11.8 Å². The lowest BCUT2D eigenvalue weighted by molar-refractivity contribution is -0.133. The minimum Gasteiger partial charge on any atom is -0.495 e. The summed E-state index contributed by atoms with van der Waals surface area (Å²) in [5, 5.41) is 5.12. The van der Waals surface area contributed by atoms with E-state index in [-0.39, 0.29) is 0 Å². The first-order chi connectivity index (χ1) is 10.5. The standard InChI is InChI=1S/C17H18N2O3/c1-11-5-4-6-13(9-11)18-16(20)17(21)19-14-10-12(2)7-8-15(14)22-3/h4-10H,1-3H3,(H,18,20)(H,19,21). The maximum atomic E-state index is 12.0. The van der Waals surface area contributed by atoms with Crippen molar-refractivity contribution in [3.05, 3.63) is 53.6 Å². The van der Waals surface area contributed by atoms with Gasteiger partial charge in [0, 0.05) is 5.69 Å². The van der Waals surface area contributed by atoms with Gasteiger partial charge in [-0.15, -0.1) is 0 Å². The van der Waals surface area contributed by atoms with Gasteiger partial charge in [0.1, 0.15) is 5.75 Å². The number of rotatable bonds is 3. The van der Waals surface area contributed by atoms with E-state index < -0.39 is 11.8 Å². The molecule has 0 heterocycles. The quantitative estimate of drug-likeness (QED) is 0.856. The molecule has 2 aromatic rings. The molecule has 2 aromatic carbocycles. The molecule has 0 aliphatic carbocycles. The molecular weight excluding hydrogens is 280 g/mol. The number of hydrogen-bond acceptors (Lipinski definition) is 3. The van der Waals surface area contributed by atoms with Gasteiger partial charge < -0.3 is 15.4 Å². The van der Waals surface area contributed by atoms with E-state index in [2.05, 4.69) is 10.6 Å². The molecule has 22 heavy (non-hydrogen) atoms. The van der Waals surface area contributed by atoms with Gasteiger partial charge in [-0.1, -0.05) is 18.2 Å². The highest BCUT2D eigenvalue weighted by Crippen LogP contribution is 2.25. The Kier molecular flexibility index (Phi) is 4.78. The van der Waals surface area contributed by atoms with Gasteiger partial charge in [0.05, 0.1) is 12.8 Å². The van der Waals surface area contributed by atoms with Gasteiger partial charge in [0.15, 0.2) is 0 Å². The highest BCUT2D eigenvalue weighted by Gasteiger charge is 2.16. The zero-order valence-electron chi connectivity index (χ0n) is 12.8. The van der Waals surface area contributed by atoms with E-state index in [0.717, 1.165) is 11.1 Å². The summed E-state index contributed by atoms with van der Waals surface area (Å²) in [7, 11) is 1.51. The van der Waals surface area contributed by atoms with Crippen molar-refractivity contribution < 1.29 is 14.3 Å². The molecule has 0 saturated heterocycles. The smallest absolute Gasteiger partial charge is 0.314 e. The minimum absolute atomic E-state index is 0.465. The molecule has 2 amide bonds. The molecule has 2 N–H and O–H groups in total. The van der Waals surface area contributed by atoms with Crippen LogP contribution in [0.4, 0.5) is 11.4 Å². The molecule has 114 valence electrons. The monoisotopic (exact) mass is 298 g/mol. The van der Waals surface area contributed by atoms with Crippen molar-refractivity contribution in [1.82, 2.24) is 0 Å². The van der Waals surface area contributed by atoms with Crippen LogP contribution in [0.2, 0.25) is 0 Å². The first-order valence-electron chi connectivity index (χ1n) is 6.83. The molecule has 2 rings (SSSR count). The number of hydrogen-bond donors (Lipinski definition) is 2. The second-order valence-corrected chi connectivity index (χ2v) is 4.98. The van der Waals surface area contributed by atoms with E-state index in [1.165, 1.54) is 7.11 Å². The number of nitrogens with one attached hydrogen (secondary N) is 2. The van der Waals surface area contributed by atoms with Crippen LogP contribution in [0.25, 0.3) is 0 Å². The number of methoxy groups -OCH3 is 1. The van der Waals surface area contributed by atoms with Gasteiger partial charge in [0.25, 0.3) is 0 Å². The molecule has 0 aliphatic rings. The van der Waals surface area contributed by atoms with Crippen molar-refractivity contribution in [2.45, 2.75) is 13.8 Å². The molecular formula is C17H18N2O3. The first-order valence-corrected chi connectivity index (χ1v) is 6.83. The van der Waals surface area contributed by atoms with Crippen molar-refractivity contribution in [3.63, 3.8) is 0 Å². The summed E-state index contributed by atoms with van der Waals surface area (Å²) >= 11 is 0. The number of aryl methyl sites for hydroxylation is 2. The molecule has 5 nitrogen and oxygen atoms in total. The normalized spacial score (nSPS) is 9.95. The number of anilines is 2. The summed E-state index contributed by atoms with van der Waals surface area (Å²) < 4.78 is 5.17. The average Bonchev–Trinajstić information content (AvgIpc) is 2.47. The first kappa shape index (κ1) is 15.6. The van der Waals surface area contributed by atoms with E-state index in [1.807, 2.05) is 32.0 Å². The molecule has 0 fully saturated rings. The van der Waals surface area contributed by atoms with E-state index in [4.69, 9.17) is 4.74 Å². The van der Waals surface area contributed by atoms with Crippen LogP contribution in [0.3, 0.4) is 0 Å². The number of carbonyl (C=O) groups is 2. The second-order valence-electron chi connectivity index (χ2n) is 4.98. The lowest BCUT2D eigenvalue weighted by Gasteiger charge is -2.11. The fourth-order valence-corrected chi connectivity index (χ4v) is 2.01. The summed E-state index contributed by atoms with van der Waals surface area (Å²) in [6.45, 7) is 3.80. The Labute approximate surface area is 129 Å². The Hall–Kier alpha value is -2.82. The number of benzene rings is 2. The van der Waals surface area contributed by atoms with E-state index in [9.17, 15) is 9.59 Å². The van der Waals surface area contributed by atoms with Crippen LogP contribution in [0.15, 0.2) is 42.5 Å². The SMILES string of the molecule is COc1ccc(C)cc1NC(=O)C(=O)Nc1cccc(C)c1. The van der Waals surface area contributed by atoms with Crippen LogP contribution < -0.4 is 15.4 Å². The third-order valence-electron chi connectivity index (χ3n) is 3.09. The topological polar surface area (TPSA) is 67.4 Å². The Morgan fingerprint density at radius 2 is 1.59 bits per heavy atom. The summed E-state index contributed by atoms with van der Waals surface area (Å²) in [6.07, 6.45) is 0. The van der Waals surface area contributed by atoms with E-state index in [0.29, 0.717) is 17.1 Å². The molecule has 0 radical (unpaired) electrons. The zero-order valence-corrected chi connectivity index (χ0v) is 12.8. The second kappa shape index (κ2) is 6.76. The molecule has 5 heteroatoms. The van der Waals surface area contributed by atoms with Crippen LogP contribution in [0, 0.1) is 13.8 Å². The van der Waals surface area contributed by atoms with E-state index in [1.54, 1.807) is 24.3 Å². The van der Waals surface area contributed by atoms with E-state index >= 15 is 0 Å². The molecule has 0 aliphatic heterocycles. The minimum atomic E-state index is -0.745. The van der Waals surface area contributed by atoms with Crippen LogP contribution in [-0.2, 0) is 9.59 Å². The van der Waals surface area contributed by atoms with Gasteiger partial charge in [-0.05, 0) is 49.2 Å². The maximum absolute atomic E-state index is 12.0. The summed E-state index contributed by atoms with van der Waals surface area (Å²) in [5.41, 5.74) is 3.00. The van der Waals surface area contributed by atoms with Crippen LogP contribution >= 0.6 is 0 Å². The highest BCUT2D eigenvalue weighted by molar-refractivity contribution is 6.43. The van der Waals surface area contributed by atoms with Crippen LogP contribution in [0.5, 0.6) is 5.75 Å². The summed E-state index contributed by atoms with van der Waals surface area (Å²) in [6, 6.07) is 12.6. The van der Waals surface area contributed by atoms with Gasteiger partial charge in [0.2, 0.25) is 0 Å². The fourth-order valence-electron chi connectivity index (χ4n) is 2.01. The molecule has 0 bridgehead atoms. The van der Waals surface area contributed by atoms with Crippen molar-refractivity contribution >= 4 is 23.2 Å². The van der Waals surface area contributed by atoms with Crippen molar-refractivity contribution in [2.24, 2.45) is 0 Å². The van der Waals surface area contributed by atoms with Gasteiger partial charge in [-0.25, -0.2) is 0 Å². The van der Waals surface area contributed by atoms with Gasteiger partial charge in [-0.3, -0.25) is 9.59 Å². The Bertz CT molecular complexity index is 711. The molecule has 0 spiro atoms. The third-order valence-corrected chi connectivity index (χ3v) is 3.09. The molecule has 0 aromatic heterocycles. The van der Waals surface area contributed by atoms with Crippen molar-refractivity contribution in [2.75, 3.05) is 17.7 Å². The molecule has 0 unspecified atom stereocenters. The number of carbonyl (C=O) groups excluding carboxylic acids is 2. The maximum Gasteiger partial charge on any atom is 0.314 e.